The van der Waals surface area contributed by atoms with Gasteiger partial charge in [0.15, 0.2) is 5.78 Å². The molecule has 0 fully saturated rings. The minimum absolute atomic E-state index is 0.00324. The van der Waals surface area contributed by atoms with E-state index in [2.05, 4.69) is 4.72 Å². The highest BCUT2D eigenvalue weighted by molar-refractivity contribution is 7.89. The van der Waals surface area contributed by atoms with Crippen LogP contribution < -0.4 is 4.72 Å². The van der Waals surface area contributed by atoms with Crippen molar-refractivity contribution in [2.45, 2.75) is 24.3 Å². The summed E-state index contributed by atoms with van der Waals surface area (Å²) in [4.78, 5) is 12.9. The number of halogens is 1. The molecule has 0 aliphatic heterocycles. The van der Waals surface area contributed by atoms with Gasteiger partial charge in [-0.15, -0.1) is 0 Å². The molecule has 4 nitrogen and oxygen atoms in total. The number of benzene rings is 3. The number of Topliss-reactive ketones (excluding diaryl/α,β-unsaturated/α-hetero) is 1. The predicted octanol–water partition coefficient (Wildman–Crippen LogP) is 4.94. The van der Waals surface area contributed by atoms with Gasteiger partial charge in [0.25, 0.3) is 0 Å². The lowest BCUT2D eigenvalue weighted by Gasteiger charge is -2.19. The summed E-state index contributed by atoms with van der Waals surface area (Å²) in [5.41, 5.74) is 2.17. The number of rotatable bonds is 7. The Balaban J connectivity index is 1.90. The summed E-state index contributed by atoms with van der Waals surface area (Å²) in [6, 6.07) is 21.5. The Morgan fingerprint density at radius 1 is 0.929 bits per heavy atom. The number of aryl methyl sites for hydroxylation is 1. The van der Waals surface area contributed by atoms with Gasteiger partial charge in [0, 0.05) is 17.0 Å². The first-order valence-electron chi connectivity index (χ1n) is 8.78. The van der Waals surface area contributed by atoms with Gasteiger partial charge in [-0.1, -0.05) is 71.8 Å². The maximum absolute atomic E-state index is 12.9. The Morgan fingerprint density at radius 3 is 2.14 bits per heavy atom. The molecular weight excluding hydrogens is 394 g/mol. The molecule has 0 amide bonds. The van der Waals surface area contributed by atoms with E-state index in [4.69, 9.17) is 11.6 Å². The summed E-state index contributed by atoms with van der Waals surface area (Å²) in [7, 11) is -3.80. The van der Waals surface area contributed by atoms with Crippen molar-refractivity contribution in [3.05, 3.63) is 101 Å². The molecule has 0 heterocycles. The van der Waals surface area contributed by atoms with Crippen molar-refractivity contribution in [1.29, 1.82) is 0 Å². The van der Waals surface area contributed by atoms with Crippen molar-refractivity contribution in [1.82, 2.24) is 4.72 Å². The first-order chi connectivity index (χ1) is 13.3. The molecule has 144 valence electrons. The number of carbonyl (C=O) groups is 1. The third-order valence-electron chi connectivity index (χ3n) is 4.39. The molecule has 3 aromatic rings. The summed E-state index contributed by atoms with van der Waals surface area (Å²) in [6.07, 6.45) is -0.00324. The quantitative estimate of drug-likeness (QED) is 0.558. The average Bonchev–Trinajstić information content (AvgIpc) is 2.69. The fourth-order valence-electron chi connectivity index (χ4n) is 2.82. The average molecular weight is 414 g/mol. The molecule has 1 atom stereocenters. The zero-order valence-electron chi connectivity index (χ0n) is 15.3. The number of nitrogens with one attached hydrogen (secondary N) is 1. The molecule has 0 saturated carbocycles. The minimum atomic E-state index is -3.80. The lowest BCUT2D eigenvalue weighted by atomic mass is 9.99. The Hall–Kier alpha value is -2.47. The second-order valence-corrected chi connectivity index (χ2v) is 8.68. The van der Waals surface area contributed by atoms with E-state index in [1.165, 1.54) is 0 Å². The molecule has 0 unspecified atom stereocenters. The second kappa shape index (κ2) is 8.69. The normalized spacial score (nSPS) is 12.5. The van der Waals surface area contributed by atoms with Gasteiger partial charge in [0.2, 0.25) is 10.0 Å². The van der Waals surface area contributed by atoms with Crippen LogP contribution in [0.15, 0.2) is 83.8 Å². The highest BCUT2D eigenvalue weighted by atomic mass is 35.5. The SMILES string of the molecule is Cc1ccc(S(=O)(=O)N[C@H](CC(=O)c2ccccc2)c2ccc(Cl)cc2)cc1. The van der Waals surface area contributed by atoms with E-state index in [0.29, 0.717) is 16.1 Å². The topological polar surface area (TPSA) is 63.2 Å². The molecule has 0 radical (unpaired) electrons. The number of carbonyl (C=O) groups excluding carboxylic acids is 1. The third-order valence-corrected chi connectivity index (χ3v) is 6.13. The lowest BCUT2D eigenvalue weighted by molar-refractivity contribution is 0.0972. The fourth-order valence-corrected chi connectivity index (χ4v) is 4.17. The summed E-state index contributed by atoms with van der Waals surface area (Å²) >= 11 is 5.96. The largest absolute Gasteiger partial charge is 0.294 e. The Kier molecular flexibility index (Phi) is 6.29. The van der Waals surface area contributed by atoms with E-state index < -0.39 is 16.1 Å². The second-order valence-electron chi connectivity index (χ2n) is 6.53. The van der Waals surface area contributed by atoms with Crippen molar-refractivity contribution >= 4 is 27.4 Å². The number of ketones is 1. The van der Waals surface area contributed by atoms with Crippen LogP contribution in [0.1, 0.15) is 33.9 Å². The van der Waals surface area contributed by atoms with Gasteiger partial charge >= 0.3 is 0 Å². The monoisotopic (exact) mass is 413 g/mol. The maximum atomic E-state index is 12.9. The molecule has 0 aliphatic rings. The smallest absolute Gasteiger partial charge is 0.241 e. The van der Waals surface area contributed by atoms with E-state index in [1.54, 1.807) is 72.8 Å². The van der Waals surface area contributed by atoms with Crippen LogP contribution in [-0.2, 0) is 10.0 Å². The van der Waals surface area contributed by atoms with Gasteiger partial charge in [-0.05, 0) is 36.8 Å². The summed E-state index contributed by atoms with van der Waals surface area (Å²) in [5, 5.41) is 0.540. The molecule has 1 N–H and O–H groups in total. The molecule has 0 bridgehead atoms. The van der Waals surface area contributed by atoms with E-state index in [-0.39, 0.29) is 17.1 Å². The van der Waals surface area contributed by atoms with Crippen LogP contribution in [0.3, 0.4) is 0 Å². The number of hydrogen-bond acceptors (Lipinski definition) is 3. The Bertz CT molecular complexity index is 1050. The Labute approximate surface area is 170 Å². The van der Waals surface area contributed by atoms with E-state index >= 15 is 0 Å². The van der Waals surface area contributed by atoms with E-state index in [0.717, 1.165) is 5.56 Å². The van der Waals surface area contributed by atoms with Crippen LogP contribution in [0.25, 0.3) is 0 Å². The van der Waals surface area contributed by atoms with Gasteiger partial charge in [-0.3, -0.25) is 4.79 Å². The molecule has 28 heavy (non-hydrogen) atoms. The van der Waals surface area contributed by atoms with Gasteiger partial charge in [-0.2, -0.15) is 0 Å². The van der Waals surface area contributed by atoms with E-state index in [1.807, 2.05) is 13.0 Å². The molecule has 0 spiro atoms. The van der Waals surface area contributed by atoms with Crippen LogP contribution in [0.2, 0.25) is 5.02 Å². The highest BCUT2D eigenvalue weighted by Gasteiger charge is 2.24. The molecule has 6 heteroatoms. The van der Waals surface area contributed by atoms with Gasteiger partial charge in [0.05, 0.1) is 10.9 Å². The molecule has 3 aromatic carbocycles. The minimum Gasteiger partial charge on any atom is -0.294 e. The standard InChI is InChI=1S/C22H20ClNO3S/c1-16-7-13-20(14-8-16)28(26,27)24-21(17-9-11-19(23)12-10-17)15-22(25)18-5-3-2-4-6-18/h2-14,21,24H,15H2,1H3/t21-/m1/s1. The van der Waals surface area contributed by atoms with Crippen LogP contribution in [0, 0.1) is 6.92 Å². The van der Waals surface area contributed by atoms with Crippen molar-refractivity contribution in [2.75, 3.05) is 0 Å². The number of sulfonamides is 1. The van der Waals surface area contributed by atoms with Crippen LogP contribution in [-0.4, -0.2) is 14.2 Å². The Morgan fingerprint density at radius 2 is 1.54 bits per heavy atom. The zero-order valence-corrected chi connectivity index (χ0v) is 16.9. The zero-order chi connectivity index (χ0) is 20.1. The van der Waals surface area contributed by atoms with Crippen molar-refractivity contribution < 1.29 is 13.2 Å². The van der Waals surface area contributed by atoms with Crippen molar-refractivity contribution in [3.63, 3.8) is 0 Å². The first-order valence-corrected chi connectivity index (χ1v) is 10.6. The van der Waals surface area contributed by atoms with Crippen LogP contribution in [0.5, 0.6) is 0 Å². The molecule has 0 aliphatic carbocycles. The van der Waals surface area contributed by atoms with Gasteiger partial charge in [-0.25, -0.2) is 13.1 Å². The maximum Gasteiger partial charge on any atom is 0.241 e. The van der Waals surface area contributed by atoms with Gasteiger partial charge < -0.3 is 0 Å². The molecule has 0 aromatic heterocycles. The first kappa shape index (κ1) is 20.3. The van der Waals surface area contributed by atoms with Gasteiger partial charge in [0.1, 0.15) is 0 Å². The van der Waals surface area contributed by atoms with Crippen molar-refractivity contribution in [3.8, 4) is 0 Å². The lowest BCUT2D eigenvalue weighted by Crippen LogP contribution is -2.30. The summed E-state index contributed by atoms with van der Waals surface area (Å²) in [5.74, 6) is -0.146. The fraction of sp³-hybridized carbons (Fsp3) is 0.136. The summed E-state index contributed by atoms with van der Waals surface area (Å²) in [6.45, 7) is 1.89. The van der Waals surface area contributed by atoms with Crippen LogP contribution in [0.4, 0.5) is 0 Å². The summed E-state index contributed by atoms with van der Waals surface area (Å²) < 4.78 is 28.4. The highest BCUT2D eigenvalue weighted by Crippen LogP contribution is 2.24. The number of hydrogen-bond donors (Lipinski definition) is 1. The molecule has 3 rings (SSSR count). The predicted molar refractivity (Wildman–Crippen MR) is 111 cm³/mol. The van der Waals surface area contributed by atoms with Crippen LogP contribution >= 0.6 is 11.6 Å². The molecular formula is C22H20ClNO3S. The molecule has 0 saturated heterocycles. The van der Waals surface area contributed by atoms with Crippen molar-refractivity contribution in [2.24, 2.45) is 0 Å². The van der Waals surface area contributed by atoms with E-state index in [9.17, 15) is 13.2 Å². The third kappa shape index (κ3) is 5.07.